The maximum Gasteiger partial charge on any atom is 0.251 e. The molecule has 0 aliphatic rings. The van der Waals surface area contributed by atoms with Gasteiger partial charge >= 0.3 is 0 Å². The number of aryl methyl sites for hydroxylation is 3. The highest BCUT2D eigenvalue weighted by atomic mass is 35.5. The van der Waals surface area contributed by atoms with E-state index < -0.39 is 0 Å². The summed E-state index contributed by atoms with van der Waals surface area (Å²) in [4.78, 5) is 17.3. The quantitative estimate of drug-likeness (QED) is 0.248. The molecule has 36 heavy (non-hydrogen) atoms. The monoisotopic (exact) mass is 505 g/mol. The predicted molar refractivity (Wildman–Crippen MR) is 144 cm³/mol. The lowest BCUT2D eigenvalue weighted by Gasteiger charge is -2.12. The lowest BCUT2D eigenvalue weighted by atomic mass is 10.1. The van der Waals surface area contributed by atoms with E-state index in [1.807, 2.05) is 44.2 Å². The molecule has 0 bridgehead atoms. The van der Waals surface area contributed by atoms with Gasteiger partial charge in [0.2, 0.25) is 0 Å². The number of carbonyl (C=O) groups is 1. The van der Waals surface area contributed by atoms with Crippen LogP contribution in [0.5, 0.6) is 11.5 Å². The zero-order valence-corrected chi connectivity index (χ0v) is 21.8. The van der Waals surface area contributed by atoms with E-state index in [9.17, 15) is 4.79 Å². The molecule has 0 fully saturated rings. The number of nitrogens with zero attached hydrogens (tertiary/aromatic N) is 2. The number of nitrogens with one attached hydrogen (secondary N) is 1. The minimum atomic E-state index is -0.106. The summed E-state index contributed by atoms with van der Waals surface area (Å²) in [5.41, 5.74) is 4.74. The third kappa shape index (κ3) is 6.18. The van der Waals surface area contributed by atoms with Crippen LogP contribution in [0.25, 0.3) is 11.0 Å². The Labute approximate surface area is 217 Å². The molecule has 1 amide bonds. The van der Waals surface area contributed by atoms with Crippen molar-refractivity contribution in [1.82, 2.24) is 14.9 Å². The highest BCUT2D eigenvalue weighted by Crippen LogP contribution is 2.26. The number of ether oxygens (including phenoxy) is 2. The zero-order valence-electron chi connectivity index (χ0n) is 21.0. The van der Waals surface area contributed by atoms with Gasteiger partial charge < -0.3 is 19.4 Å². The first-order valence-electron chi connectivity index (χ1n) is 12.2. The topological polar surface area (TPSA) is 65.4 Å². The van der Waals surface area contributed by atoms with Gasteiger partial charge in [-0.15, -0.1) is 0 Å². The summed E-state index contributed by atoms with van der Waals surface area (Å²) in [5.74, 6) is 2.45. The van der Waals surface area contributed by atoms with E-state index in [0.717, 1.165) is 63.9 Å². The normalized spacial score (nSPS) is 11.0. The summed E-state index contributed by atoms with van der Waals surface area (Å²) in [6.45, 7) is 5.97. The van der Waals surface area contributed by atoms with Crippen LogP contribution in [0, 0.1) is 13.8 Å². The number of methoxy groups -OCH3 is 1. The van der Waals surface area contributed by atoms with Gasteiger partial charge in [-0.05, 0) is 86.3 Å². The molecule has 1 N–H and O–H groups in total. The van der Waals surface area contributed by atoms with Gasteiger partial charge in [0.1, 0.15) is 17.3 Å². The Kier molecular flexibility index (Phi) is 8.49. The van der Waals surface area contributed by atoms with E-state index in [2.05, 4.69) is 16.0 Å². The predicted octanol–water partition coefficient (Wildman–Crippen LogP) is 6.15. The number of unbranched alkanes of at least 4 members (excludes halogenated alkanes) is 1. The molecule has 0 aliphatic heterocycles. The Bertz CT molecular complexity index is 1310. The Morgan fingerprint density at radius 1 is 1.00 bits per heavy atom. The van der Waals surface area contributed by atoms with E-state index in [4.69, 9.17) is 26.1 Å². The van der Waals surface area contributed by atoms with Crippen molar-refractivity contribution in [1.29, 1.82) is 0 Å². The highest BCUT2D eigenvalue weighted by Gasteiger charge is 2.12. The Hall–Kier alpha value is -3.51. The maximum atomic E-state index is 12.5. The molecule has 7 heteroatoms. The second-order valence-electron chi connectivity index (χ2n) is 8.83. The number of benzene rings is 3. The summed E-state index contributed by atoms with van der Waals surface area (Å²) in [7, 11) is 1.61. The summed E-state index contributed by atoms with van der Waals surface area (Å²) in [5, 5.41) is 3.80. The minimum Gasteiger partial charge on any atom is -0.497 e. The Balaban J connectivity index is 1.32. The fourth-order valence-electron chi connectivity index (χ4n) is 4.25. The number of aromatic nitrogens is 2. The van der Waals surface area contributed by atoms with Gasteiger partial charge in [-0.1, -0.05) is 23.7 Å². The average molecular weight is 506 g/mol. The lowest BCUT2D eigenvalue weighted by molar-refractivity contribution is 0.0954. The first-order valence-corrected chi connectivity index (χ1v) is 12.6. The number of amides is 1. The number of fused-ring (bicyclic) bond motifs is 1. The number of hydrogen-bond donors (Lipinski definition) is 1. The molecule has 188 valence electrons. The number of para-hydroxylation sites is 2. The number of imidazole rings is 1. The van der Waals surface area contributed by atoms with Crippen LogP contribution in [0.2, 0.25) is 5.02 Å². The smallest absolute Gasteiger partial charge is 0.251 e. The Morgan fingerprint density at radius 3 is 2.44 bits per heavy atom. The van der Waals surface area contributed by atoms with E-state index in [-0.39, 0.29) is 5.91 Å². The third-order valence-corrected chi connectivity index (χ3v) is 6.77. The summed E-state index contributed by atoms with van der Waals surface area (Å²) in [6.07, 6.45) is 2.52. The van der Waals surface area contributed by atoms with Crippen LogP contribution in [0.1, 0.15) is 40.2 Å². The largest absolute Gasteiger partial charge is 0.497 e. The lowest BCUT2D eigenvalue weighted by Crippen LogP contribution is -2.26. The molecular formula is C29H32ClN3O3. The molecule has 1 heterocycles. The van der Waals surface area contributed by atoms with Crippen LogP contribution in [0.15, 0.2) is 60.7 Å². The van der Waals surface area contributed by atoms with Gasteiger partial charge in [0, 0.05) is 30.1 Å². The van der Waals surface area contributed by atoms with E-state index >= 15 is 0 Å². The van der Waals surface area contributed by atoms with Crippen LogP contribution >= 0.6 is 11.6 Å². The van der Waals surface area contributed by atoms with Gasteiger partial charge in [0.15, 0.2) is 0 Å². The zero-order chi connectivity index (χ0) is 25.5. The fourth-order valence-corrected chi connectivity index (χ4v) is 4.36. The van der Waals surface area contributed by atoms with Crippen molar-refractivity contribution in [3.8, 4) is 11.5 Å². The van der Waals surface area contributed by atoms with Crippen LogP contribution < -0.4 is 14.8 Å². The number of rotatable bonds is 11. The SMILES string of the molecule is COc1ccc(C(=O)NCCc2nc3ccccc3n2CCCCOc2cc(C)c(Cl)c(C)c2)cc1. The molecule has 4 rings (SSSR count). The summed E-state index contributed by atoms with van der Waals surface area (Å²) in [6, 6.07) is 19.2. The second kappa shape index (κ2) is 12.0. The van der Waals surface area contributed by atoms with Crippen molar-refractivity contribution in [2.24, 2.45) is 0 Å². The number of carbonyl (C=O) groups excluding carboxylic acids is 1. The molecule has 3 aromatic carbocycles. The van der Waals surface area contributed by atoms with Crippen molar-refractivity contribution in [2.75, 3.05) is 20.3 Å². The molecule has 0 saturated heterocycles. The second-order valence-corrected chi connectivity index (χ2v) is 9.21. The molecule has 0 aliphatic carbocycles. The van der Waals surface area contributed by atoms with Gasteiger partial charge in [0.25, 0.3) is 5.91 Å². The number of halogens is 1. The van der Waals surface area contributed by atoms with Gasteiger partial charge in [-0.25, -0.2) is 4.98 Å². The van der Waals surface area contributed by atoms with Crippen LogP contribution in [0.4, 0.5) is 0 Å². The maximum absolute atomic E-state index is 12.5. The molecule has 0 unspecified atom stereocenters. The molecule has 6 nitrogen and oxygen atoms in total. The first-order chi connectivity index (χ1) is 17.5. The van der Waals surface area contributed by atoms with Crippen molar-refractivity contribution < 1.29 is 14.3 Å². The fraction of sp³-hybridized carbons (Fsp3) is 0.310. The van der Waals surface area contributed by atoms with Crippen molar-refractivity contribution in [3.05, 3.63) is 88.2 Å². The van der Waals surface area contributed by atoms with Crippen LogP contribution in [0.3, 0.4) is 0 Å². The molecule has 0 atom stereocenters. The van der Waals surface area contributed by atoms with Crippen molar-refractivity contribution in [2.45, 2.75) is 39.7 Å². The minimum absolute atomic E-state index is 0.106. The van der Waals surface area contributed by atoms with E-state index in [0.29, 0.717) is 25.1 Å². The highest BCUT2D eigenvalue weighted by molar-refractivity contribution is 6.32. The molecule has 1 aromatic heterocycles. The summed E-state index contributed by atoms with van der Waals surface area (Å²) >= 11 is 6.26. The van der Waals surface area contributed by atoms with Crippen LogP contribution in [-0.4, -0.2) is 35.7 Å². The van der Waals surface area contributed by atoms with Gasteiger partial charge in [-0.3, -0.25) is 4.79 Å². The number of hydrogen-bond acceptors (Lipinski definition) is 4. The molecular weight excluding hydrogens is 474 g/mol. The summed E-state index contributed by atoms with van der Waals surface area (Å²) < 4.78 is 13.4. The molecule has 0 radical (unpaired) electrons. The van der Waals surface area contributed by atoms with E-state index in [1.165, 1.54) is 0 Å². The first kappa shape index (κ1) is 25.6. The van der Waals surface area contributed by atoms with Crippen molar-refractivity contribution in [3.63, 3.8) is 0 Å². The van der Waals surface area contributed by atoms with Gasteiger partial charge in [0.05, 0.1) is 24.8 Å². The van der Waals surface area contributed by atoms with Gasteiger partial charge in [-0.2, -0.15) is 0 Å². The van der Waals surface area contributed by atoms with Crippen molar-refractivity contribution >= 4 is 28.5 Å². The third-order valence-electron chi connectivity index (χ3n) is 6.17. The molecule has 4 aromatic rings. The molecule has 0 spiro atoms. The molecule has 0 saturated carbocycles. The van der Waals surface area contributed by atoms with E-state index in [1.54, 1.807) is 31.4 Å². The average Bonchev–Trinajstić information content (AvgIpc) is 3.24. The standard InChI is InChI=1S/C29H32ClN3O3/c1-20-18-24(19-21(2)28(20)30)36-17-7-6-16-33-26-9-5-4-8-25(26)32-27(33)14-15-31-29(34)22-10-12-23(35-3)13-11-22/h4-5,8-13,18-19H,6-7,14-17H2,1-3H3,(H,31,34). The Morgan fingerprint density at radius 2 is 1.72 bits per heavy atom. The van der Waals surface area contributed by atoms with Crippen LogP contribution in [-0.2, 0) is 13.0 Å².